The summed E-state index contributed by atoms with van der Waals surface area (Å²) < 4.78 is 11.0. The van der Waals surface area contributed by atoms with Crippen molar-refractivity contribution in [3.8, 4) is 5.75 Å². The largest absolute Gasteiger partial charge is 0.495 e. The van der Waals surface area contributed by atoms with E-state index >= 15 is 0 Å². The molecule has 88 valence electrons. The summed E-state index contributed by atoms with van der Waals surface area (Å²) in [6, 6.07) is 4.02. The standard InChI is InChI=1S/C12H16ClNO2/c1-8-3-4-9(11(13)12(8)15-2)10-7-14-5-6-16-10/h3-4,10,14H,5-7H2,1-2H3. The number of methoxy groups -OCH3 is 1. The first-order valence-corrected chi connectivity index (χ1v) is 5.77. The first kappa shape index (κ1) is 11.7. The number of hydrogen-bond donors (Lipinski definition) is 1. The van der Waals surface area contributed by atoms with Gasteiger partial charge >= 0.3 is 0 Å². The maximum atomic E-state index is 6.31. The Morgan fingerprint density at radius 1 is 1.50 bits per heavy atom. The van der Waals surface area contributed by atoms with Gasteiger partial charge in [-0.25, -0.2) is 0 Å². The molecule has 1 heterocycles. The second-order valence-electron chi connectivity index (χ2n) is 3.88. The van der Waals surface area contributed by atoms with E-state index < -0.39 is 0 Å². The number of halogens is 1. The Bertz CT molecular complexity index is 376. The lowest BCUT2D eigenvalue weighted by Gasteiger charge is -2.25. The van der Waals surface area contributed by atoms with Crippen LogP contribution >= 0.6 is 11.6 Å². The monoisotopic (exact) mass is 241 g/mol. The Balaban J connectivity index is 2.33. The van der Waals surface area contributed by atoms with E-state index in [1.807, 2.05) is 19.1 Å². The van der Waals surface area contributed by atoms with Crippen LogP contribution in [-0.2, 0) is 4.74 Å². The average Bonchev–Trinajstić information content (AvgIpc) is 2.31. The van der Waals surface area contributed by atoms with Crippen molar-refractivity contribution < 1.29 is 9.47 Å². The molecule has 1 saturated heterocycles. The van der Waals surface area contributed by atoms with Gasteiger partial charge in [0.2, 0.25) is 0 Å². The Hall–Kier alpha value is -0.770. The fourth-order valence-corrected chi connectivity index (χ4v) is 2.34. The fraction of sp³-hybridized carbons (Fsp3) is 0.500. The summed E-state index contributed by atoms with van der Waals surface area (Å²) >= 11 is 6.31. The lowest BCUT2D eigenvalue weighted by Crippen LogP contribution is -2.33. The quantitative estimate of drug-likeness (QED) is 0.862. The molecule has 0 radical (unpaired) electrons. The highest BCUT2D eigenvalue weighted by Crippen LogP contribution is 2.36. The summed E-state index contributed by atoms with van der Waals surface area (Å²) in [5.41, 5.74) is 2.04. The minimum atomic E-state index is 0.0238. The number of nitrogens with one attached hydrogen (secondary N) is 1. The number of ether oxygens (including phenoxy) is 2. The van der Waals surface area contributed by atoms with Crippen molar-refractivity contribution in [2.75, 3.05) is 26.8 Å². The molecule has 0 saturated carbocycles. The zero-order chi connectivity index (χ0) is 11.5. The molecule has 0 aliphatic carbocycles. The summed E-state index contributed by atoms with van der Waals surface area (Å²) in [6.07, 6.45) is 0.0238. The number of rotatable bonds is 2. The van der Waals surface area contributed by atoms with Crippen molar-refractivity contribution in [1.82, 2.24) is 5.32 Å². The van der Waals surface area contributed by atoms with Crippen LogP contribution in [-0.4, -0.2) is 26.8 Å². The van der Waals surface area contributed by atoms with Crippen LogP contribution in [0.1, 0.15) is 17.2 Å². The van der Waals surface area contributed by atoms with E-state index in [2.05, 4.69) is 5.32 Å². The molecule has 4 heteroatoms. The van der Waals surface area contributed by atoms with Crippen molar-refractivity contribution in [2.24, 2.45) is 0 Å². The van der Waals surface area contributed by atoms with Crippen LogP contribution < -0.4 is 10.1 Å². The van der Waals surface area contributed by atoms with Gasteiger partial charge in [0.05, 0.1) is 24.8 Å². The molecule has 2 rings (SSSR count). The van der Waals surface area contributed by atoms with Crippen LogP contribution in [0.4, 0.5) is 0 Å². The van der Waals surface area contributed by atoms with E-state index in [1.54, 1.807) is 7.11 Å². The van der Waals surface area contributed by atoms with Gasteiger partial charge in [0, 0.05) is 18.7 Å². The summed E-state index contributed by atoms with van der Waals surface area (Å²) in [6.45, 7) is 4.40. The molecular formula is C12H16ClNO2. The molecule has 16 heavy (non-hydrogen) atoms. The minimum Gasteiger partial charge on any atom is -0.495 e. The van der Waals surface area contributed by atoms with Crippen LogP contribution in [0.15, 0.2) is 12.1 Å². The molecule has 1 aromatic carbocycles. The van der Waals surface area contributed by atoms with E-state index in [0.29, 0.717) is 5.02 Å². The molecule has 1 N–H and O–H groups in total. The van der Waals surface area contributed by atoms with Gasteiger partial charge in [-0.15, -0.1) is 0 Å². The molecule has 1 unspecified atom stereocenters. The van der Waals surface area contributed by atoms with Crippen LogP contribution in [0.25, 0.3) is 0 Å². The third-order valence-corrected chi connectivity index (χ3v) is 3.19. The Labute approximate surface area is 101 Å². The van der Waals surface area contributed by atoms with Gasteiger partial charge in [0.15, 0.2) is 0 Å². The summed E-state index contributed by atoms with van der Waals surface area (Å²) in [5, 5.41) is 3.95. The Kier molecular flexibility index (Phi) is 3.69. The Morgan fingerprint density at radius 3 is 2.94 bits per heavy atom. The van der Waals surface area contributed by atoms with Gasteiger partial charge in [0.1, 0.15) is 5.75 Å². The third-order valence-electron chi connectivity index (χ3n) is 2.80. The molecule has 0 amide bonds. The van der Waals surface area contributed by atoms with Crippen molar-refractivity contribution in [2.45, 2.75) is 13.0 Å². The van der Waals surface area contributed by atoms with E-state index in [1.165, 1.54) is 0 Å². The normalized spacial score (nSPS) is 20.8. The minimum absolute atomic E-state index is 0.0238. The number of benzene rings is 1. The third kappa shape index (κ3) is 2.17. The molecule has 0 bridgehead atoms. The highest BCUT2D eigenvalue weighted by molar-refractivity contribution is 6.33. The number of aryl methyl sites for hydroxylation is 1. The van der Waals surface area contributed by atoms with E-state index in [9.17, 15) is 0 Å². The highest BCUT2D eigenvalue weighted by Gasteiger charge is 2.21. The molecule has 1 aliphatic heterocycles. The summed E-state index contributed by atoms with van der Waals surface area (Å²) in [4.78, 5) is 0. The fourth-order valence-electron chi connectivity index (χ4n) is 1.93. The molecule has 3 nitrogen and oxygen atoms in total. The lowest BCUT2D eigenvalue weighted by molar-refractivity contribution is 0.0276. The van der Waals surface area contributed by atoms with E-state index in [4.69, 9.17) is 21.1 Å². The Morgan fingerprint density at radius 2 is 2.31 bits per heavy atom. The first-order valence-electron chi connectivity index (χ1n) is 5.39. The number of morpholine rings is 1. The zero-order valence-electron chi connectivity index (χ0n) is 9.55. The molecule has 1 fully saturated rings. The van der Waals surface area contributed by atoms with Crippen molar-refractivity contribution in [3.63, 3.8) is 0 Å². The van der Waals surface area contributed by atoms with E-state index in [-0.39, 0.29) is 6.10 Å². The van der Waals surface area contributed by atoms with Crippen molar-refractivity contribution in [3.05, 3.63) is 28.3 Å². The van der Waals surface area contributed by atoms with Gasteiger partial charge < -0.3 is 14.8 Å². The molecule has 1 aliphatic rings. The predicted molar refractivity (Wildman–Crippen MR) is 64.3 cm³/mol. The van der Waals surface area contributed by atoms with Gasteiger partial charge in [-0.05, 0) is 12.5 Å². The zero-order valence-corrected chi connectivity index (χ0v) is 10.3. The van der Waals surface area contributed by atoms with Crippen molar-refractivity contribution >= 4 is 11.6 Å². The molecular weight excluding hydrogens is 226 g/mol. The van der Waals surface area contributed by atoms with E-state index in [0.717, 1.165) is 36.6 Å². The molecule has 1 aromatic rings. The number of hydrogen-bond acceptors (Lipinski definition) is 3. The maximum Gasteiger partial charge on any atom is 0.140 e. The van der Waals surface area contributed by atoms with Gasteiger partial charge in [-0.1, -0.05) is 23.7 Å². The topological polar surface area (TPSA) is 30.5 Å². The van der Waals surface area contributed by atoms with Gasteiger partial charge in [-0.3, -0.25) is 0 Å². The van der Waals surface area contributed by atoms with Crippen LogP contribution in [0.3, 0.4) is 0 Å². The predicted octanol–water partition coefficient (Wildman–Crippen LogP) is 2.32. The average molecular weight is 242 g/mol. The van der Waals surface area contributed by atoms with Crippen LogP contribution in [0.2, 0.25) is 5.02 Å². The maximum absolute atomic E-state index is 6.31. The highest BCUT2D eigenvalue weighted by atomic mass is 35.5. The first-order chi connectivity index (χ1) is 7.74. The molecule has 1 atom stereocenters. The van der Waals surface area contributed by atoms with Crippen LogP contribution in [0, 0.1) is 6.92 Å². The molecule has 0 aromatic heterocycles. The van der Waals surface area contributed by atoms with Crippen molar-refractivity contribution in [1.29, 1.82) is 0 Å². The summed E-state index contributed by atoms with van der Waals surface area (Å²) in [5.74, 6) is 0.744. The molecule has 0 spiro atoms. The van der Waals surface area contributed by atoms with Gasteiger partial charge in [-0.2, -0.15) is 0 Å². The van der Waals surface area contributed by atoms with Gasteiger partial charge in [0.25, 0.3) is 0 Å². The lowest BCUT2D eigenvalue weighted by atomic mass is 10.1. The second kappa shape index (κ2) is 5.04. The second-order valence-corrected chi connectivity index (χ2v) is 4.26. The smallest absolute Gasteiger partial charge is 0.140 e. The summed E-state index contributed by atoms with van der Waals surface area (Å²) in [7, 11) is 1.64. The van der Waals surface area contributed by atoms with Crippen LogP contribution in [0.5, 0.6) is 5.75 Å². The SMILES string of the molecule is COc1c(C)ccc(C2CNCCO2)c1Cl.